The van der Waals surface area contributed by atoms with Crippen LogP contribution in [0.3, 0.4) is 0 Å². The predicted molar refractivity (Wildman–Crippen MR) is 88.2 cm³/mol. The third-order valence-corrected chi connectivity index (χ3v) is 3.25. The van der Waals surface area contributed by atoms with Gasteiger partial charge in [-0.25, -0.2) is 9.97 Å². The molecule has 0 spiro atoms. The van der Waals surface area contributed by atoms with Gasteiger partial charge in [-0.2, -0.15) is 0 Å². The van der Waals surface area contributed by atoms with E-state index >= 15 is 0 Å². The Balaban J connectivity index is 1.65. The fourth-order valence-corrected chi connectivity index (χ4v) is 2.13. The van der Waals surface area contributed by atoms with Crippen LogP contribution in [0.25, 0.3) is 0 Å². The molecular formula is C17H17N5O2. The average molecular weight is 323 g/mol. The maximum atomic E-state index is 12.3. The summed E-state index contributed by atoms with van der Waals surface area (Å²) >= 11 is 0. The molecule has 7 heteroatoms. The average Bonchev–Trinajstić information content (AvgIpc) is 3.12. The zero-order valence-corrected chi connectivity index (χ0v) is 13.2. The van der Waals surface area contributed by atoms with Gasteiger partial charge in [-0.05, 0) is 31.2 Å². The molecule has 24 heavy (non-hydrogen) atoms. The quantitative estimate of drug-likeness (QED) is 0.723. The van der Waals surface area contributed by atoms with Crippen LogP contribution in [0.2, 0.25) is 0 Å². The Morgan fingerprint density at radius 1 is 1.17 bits per heavy atom. The van der Waals surface area contributed by atoms with Crippen LogP contribution in [0.5, 0.6) is 0 Å². The van der Waals surface area contributed by atoms with E-state index in [1.165, 1.54) is 0 Å². The first-order chi connectivity index (χ1) is 11.7. The Labute approximate surface area is 139 Å². The number of carbonyl (C=O) groups excluding carboxylic acids is 1. The molecule has 0 aliphatic rings. The molecule has 1 amide bonds. The van der Waals surface area contributed by atoms with E-state index in [0.29, 0.717) is 30.4 Å². The number of carbonyl (C=O) groups is 1. The van der Waals surface area contributed by atoms with Gasteiger partial charge in [0.1, 0.15) is 23.1 Å². The van der Waals surface area contributed by atoms with E-state index in [2.05, 4.69) is 25.6 Å². The highest BCUT2D eigenvalue weighted by Gasteiger charge is 2.11. The molecule has 0 aliphatic carbocycles. The normalized spacial score (nSPS) is 10.4. The molecule has 7 nitrogen and oxygen atoms in total. The summed E-state index contributed by atoms with van der Waals surface area (Å²) in [6, 6.07) is 10.8. The molecule has 3 aromatic heterocycles. The van der Waals surface area contributed by atoms with Crippen molar-refractivity contribution < 1.29 is 9.21 Å². The third-order valence-electron chi connectivity index (χ3n) is 3.25. The van der Waals surface area contributed by atoms with Crippen molar-refractivity contribution in [2.24, 2.45) is 0 Å². The van der Waals surface area contributed by atoms with Gasteiger partial charge in [-0.15, -0.1) is 0 Å². The van der Waals surface area contributed by atoms with Crippen LogP contribution in [0.15, 0.2) is 53.3 Å². The van der Waals surface area contributed by atoms with Crippen LogP contribution < -0.4 is 10.6 Å². The molecule has 0 atom stereocenters. The second-order valence-corrected chi connectivity index (χ2v) is 5.12. The number of aromatic nitrogens is 3. The lowest BCUT2D eigenvalue weighted by Gasteiger charge is -2.08. The monoisotopic (exact) mass is 323 g/mol. The summed E-state index contributed by atoms with van der Waals surface area (Å²) in [4.78, 5) is 24.9. The first-order valence-electron chi connectivity index (χ1n) is 7.51. The van der Waals surface area contributed by atoms with Crippen LogP contribution in [0, 0.1) is 6.92 Å². The Morgan fingerprint density at radius 2 is 2.08 bits per heavy atom. The molecule has 122 valence electrons. The first-order valence-corrected chi connectivity index (χ1v) is 7.51. The summed E-state index contributed by atoms with van der Waals surface area (Å²) in [5.74, 6) is 1.60. The van der Waals surface area contributed by atoms with Crippen LogP contribution in [-0.4, -0.2) is 20.9 Å². The van der Waals surface area contributed by atoms with Crippen molar-refractivity contribution in [1.82, 2.24) is 20.3 Å². The molecule has 3 aromatic rings. The van der Waals surface area contributed by atoms with E-state index < -0.39 is 0 Å². The summed E-state index contributed by atoms with van der Waals surface area (Å²) in [7, 11) is 0. The molecule has 0 aromatic carbocycles. The molecule has 0 bridgehead atoms. The van der Waals surface area contributed by atoms with Crippen molar-refractivity contribution in [1.29, 1.82) is 0 Å². The largest absolute Gasteiger partial charge is 0.467 e. The van der Waals surface area contributed by atoms with Crippen LogP contribution in [0.4, 0.5) is 5.82 Å². The van der Waals surface area contributed by atoms with Crippen molar-refractivity contribution in [2.75, 3.05) is 5.32 Å². The molecule has 3 heterocycles. The summed E-state index contributed by atoms with van der Waals surface area (Å²) in [5.41, 5.74) is 1.09. The third kappa shape index (κ3) is 4.16. The molecule has 0 saturated carbocycles. The highest BCUT2D eigenvalue weighted by Crippen LogP contribution is 2.09. The summed E-state index contributed by atoms with van der Waals surface area (Å²) < 4.78 is 5.26. The molecule has 2 N–H and O–H groups in total. The molecule has 0 unspecified atom stereocenters. The fourth-order valence-electron chi connectivity index (χ4n) is 2.13. The molecule has 0 aliphatic heterocycles. The zero-order chi connectivity index (χ0) is 16.8. The summed E-state index contributed by atoms with van der Waals surface area (Å²) in [6.07, 6.45) is 3.30. The molecule has 3 rings (SSSR count). The van der Waals surface area contributed by atoms with E-state index in [4.69, 9.17) is 4.42 Å². The minimum atomic E-state index is -0.271. The molecular weight excluding hydrogens is 306 g/mol. The van der Waals surface area contributed by atoms with Crippen molar-refractivity contribution in [3.8, 4) is 0 Å². The van der Waals surface area contributed by atoms with Crippen molar-refractivity contribution >= 4 is 11.7 Å². The maximum absolute atomic E-state index is 12.3. The maximum Gasteiger partial charge on any atom is 0.270 e. The Morgan fingerprint density at radius 3 is 2.83 bits per heavy atom. The van der Waals surface area contributed by atoms with Gasteiger partial charge in [-0.3, -0.25) is 9.78 Å². The van der Waals surface area contributed by atoms with Gasteiger partial charge in [0.2, 0.25) is 0 Å². The SMILES string of the molecule is Cc1nc(NCc2ccco2)cc(C(=O)NCc2ccccn2)n1. The van der Waals surface area contributed by atoms with Gasteiger partial charge in [0.15, 0.2) is 0 Å². The standard InChI is InChI=1S/C17H17N5O2/c1-12-21-15(17(23)20-10-13-5-2-3-7-18-13)9-16(22-12)19-11-14-6-4-8-24-14/h2-9H,10-11H2,1H3,(H,20,23)(H,19,21,22). The summed E-state index contributed by atoms with van der Waals surface area (Å²) in [6.45, 7) is 2.57. The second kappa shape index (κ2) is 7.36. The van der Waals surface area contributed by atoms with Gasteiger partial charge in [0.05, 0.1) is 25.0 Å². The Hall–Kier alpha value is -3.22. The van der Waals surface area contributed by atoms with Gasteiger partial charge in [-0.1, -0.05) is 6.07 Å². The topological polar surface area (TPSA) is 92.9 Å². The van der Waals surface area contributed by atoms with Crippen LogP contribution in [0.1, 0.15) is 27.8 Å². The highest BCUT2D eigenvalue weighted by atomic mass is 16.3. The van der Waals surface area contributed by atoms with Gasteiger partial charge in [0.25, 0.3) is 5.91 Å². The number of aryl methyl sites for hydroxylation is 1. The zero-order valence-electron chi connectivity index (χ0n) is 13.2. The number of nitrogens with one attached hydrogen (secondary N) is 2. The van der Waals surface area contributed by atoms with E-state index in [-0.39, 0.29) is 5.91 Å². The lowest BCUT2D eigenvalue weighted by atomic mass is 10.3. The highest BCUT2D eigenvalue weighted by molar-refractivity contribution is 5.92. The first kappa shape index (κ1) is 15.7. The lowest BCUT2D eigenvalue weighted by molar-refractivity contribution is 0.0945. The van der Waals surface area contributed by atoms with E-state index in [9.17, 15) is 4.79 Å². The van der Waals surface area contributed by atoms with Gasteiger partial charge >= 0.3 is 0 Å². The lowest BCUT2D eigenvalue weighted by Crippen LogP contribution is -2.25. The summed E-state index contributed by atoms with van der Waals surface area (Å²) in [5, 5.41) is 5.92. The van der Waals surface area contributed by atoms with Crippen LogP contribution >= 0.6 is 0 Å². The van der Waals surface area contributed by atoms with Gasteiger partial charge in [0, 0.05) is 12.3 Å². The van der Waals surface area contributed by atoms with E-state index in [1.807, 2.05) is 30.3 Å². The number of rotatable bonds is 6. The number of anilines is 1. The van der Waals surface area contributed by atoms with Gasteiger partial charge < -0.3 is 15.1 Å². The van der Waals surface area contributed by atoms with Crippen LogP contribution in [-0.2, 0) is 13.1 Å². The van der Waals surface area contributed by atoms with Crippen molar-refractivity contribution in [3.05, 3.63) is 71.8 Å². The number of hydrogen-bond acceptors (Lipinski definition) is 6. The number of pyridine rings is 1. The van der Waals surface area contributed by atoms with Crippen molar-refractivity contribution in [3.63, 3.8) is 0 Å². The fraction of sp³-hybridized carbons (Fsp3) is 0.176. The number of amides is 1. The molecule has 0 fully saturated rings. The van der Waals surface area contributed by atoms with E-state index in [1.54, 1.807) is 25.5 Å². The predicted octanol–water partition coefficient (Wildman–Crippen LogP) is 2.32. The smallest absolute Gasteiger partial charge is 0.270 e. The number of furan rings is 1. The van der Waals surface area contributed by atoms with Crippen molar-refractivity contribution in [2.45, 2.75) is 20.0 Å². The number of nitrogens with zero attached hydrogens (tertiary/aromatic N) is 3. The minimum Gasteiger partial charge on any atom is -0.467 e. The Bertz CT molecular complexity index is 803. The molecule has 0 saturated heterocycles. The van der Waals surface area contributed by atoms with E-state index in [0.717, 1.165) is 11.5 Å². The molecule has 0 radical (unpaired) electrons. The number of hydrogen-bond donors (Lipinski definition) is 2. The Kier molecular flexibility index (Phi) is 4.81. The minimum absolute atomic E-state index is 0.271. The second-order valence-electron chi connectivity index (χ2n) is 5.12.